The van der Waals surface area contributed by atoms with Crippen molar-refractivity contribution in [2.75, 3.05) is 11.7 Å². The number of aromatic carboxylic acids is 1. The molecule has 0 radical (unpaired) electrons. The zero-order valence-electron chi connectivity index (χ0n) is 16.7. The number of thiocarbonyl (C=S) groups is 1. The van der Waals surface area contributed by atoms with Crippen molar-refractivity contribution in [3.8, 4) is 22.8 Å². The number of anilines is 1. The second-order valence-electron chi connectivity index (χ2n) is 7.09. The summed E-state index contributed by atoms with van der Waals surface area (Å²) in [5.41, 5.74) is 2.38. The average molecular weight is 466 g/mol. The molecule has 0 aliphatic carbocycles. The molecule has 0 bridgehead atoms. The number of hydrogen-bond acceptors (Lipinski definition) is 7. The number of carboxylic acid groups (broad SMARTS) is 1. The molecular weight excluding hydrogens is 450 g/mol. The van der Waals surface area contributed by atoms with Crippen LogP contribution in [0.3, 0.4) is 0 Å². The Kier molecular flexibility index (Phi) is 4.99. The molecule has 7 nitrogen and oxygen atoms in total. The van der Waals surface area contributed by atoms with Crippen molar-refractivity contribution >= 4 is 51.9 Å². The first-order valence-corrected chi connectivity index (χ1v) is 10.7. The fourth-order valence-electron chi connectivity index (χ4n) is 3.49. The van der Waals surface area contributed by atoms with Crippen molar-refractivity contribution in [3.63, 3.8) is 0 Å². The van der Waals surface area contributed by atoms with Crippen LogP contribution in [0.25, 0.3) is 17.4 Å². The Morgan fingerprint density at radius 2 is 1.94 bits per heavy atom. The van der Waals surface area contributed by atoms with Crippen LogP contribution in [0.5, 0.6) is 11.5 Å². The Balaban J connectivity index is 1.41. The van der Waals surface area contributed by atoms with Crippen LogP contribution < -0.4 is 14.4 Å². The average Bonchev–Trinajstić information content (AvgIpc) is 3.47. The number of nitrogens with zero attached hydrogens (tertiary/aromatic N) is 1. The Labute approximate surface area is 192 Å². The van der Waals surface area contributed by atoms with Gasteiger partial charge in [-0.1, -0.05) is 30.0 Å². The molecule has 160 valence electrons. The van der Waals surface area contributed by atoms with Crippen LogP contribution >= 0.6 is 24.0 Å². The molecule has 2 aliphatic heterocycles. The summed E-state index contributed by atoms with van der Waals surface area (Å²) >= 11 is 6.62. The van der Waals surface area contributed by atoms with E-state index in [1.807, 2.05) is 6.92 Å². The van der Waals surface area contributed by atoms with Crippen molar-refractivity contribution in [3.05, 3.63) is 70.3 Å². The van der Waals surface area contributed by atoms with Gasteiger partial charge in [0.2, 0.25) is 6.79 Å². The molecule has 2 aliphatic rings. The molecular formula is C23H15NO6S2. The number of aryl methyl sites for hydroxylation is 1. The van der Waals surface area contributed by atoms with Crippen molar-refractivity contribution < 1.29 is 28.6 Å². The summed E-state index contributed by atoms with van der Waals surface area (Å²) in [4.78, 5) is 26.1. The molecule has 9 heteroatoms. The number of carbonyl (C=O) groups excluding carboxylic acids is 1. The summed E-state index contributed by atoms with van der Waals surface area (Å²) in [5.74, 6) is 1.04. The number of rotatable bonds is 4. The van der Waals surface area contributed by atoms with E-state index in [-0.39, 0.29) is 18.3 Å². The molecule has 0 unspecified atom stereocenters. The third-order valence-corrected chi connectivity index (χ3v) is 6.35. The van der Waals surface area contributed by atoms with Gasteiger partial charge in [-0.3, -0.25) is 9.69 Å². The maximum absolute atomic E-state index is 13.0. The fraction of sp³-hybridized carbons (Fsp3) is 0.0870. The lowest BCUT2D eigenvalue weighted by atomic mass is 10.0. The number of amides is 1. The Bertz CT molecular complexity index is 1330. The quantitative estimate of drug-likeness (QED) is 0.421. The van der Waals surface area contributed by atoms with Gasteiger partial charge in [0.05, 0.1) is 16.2 Å². The van der Waals surface area contributed by atoms with Crippen LogP contribution in [-0.4, -0.2) is 28.1 Å². The van der Waals surface area contributed by atoms with Crippen molar-refractivity contribution in [2.45, 2.75) is 6.92 Å². The second-order valence-corrected chi connectivity index (χ2v) is 8.77. The smallest absolute Gasteiger partial charge is 0.335 e. The van der Waals surface area contributed by atoms with Gasteiger partial charge in [-0.2, -0.15) is 0 Å². The largest absolute Gasteiger partial charge is 0.478 e. The molecule has 3 heterocycles. The monoisotopic (exact) mass is 465 g/mol. The van der Waals surface area contributed by atoms with Crippen LogP contribution in [0, 0.1) is 6.92 Å². The summed E-state index contributed by atoms with van der Waals surface area (Å²) < 4.78 is 17.0. The lowest BCUT2D eigenvalue weighted by molar-refractivity contribution is -0.113. The number of ether oxygens (including phenoxy) is 2. The van der Waals surface area contributed by atoms with Crippen LogP contribution in [0.1, 0.15) is 21.7 Å². The van der Waals surface area contributed by atoms with Crippen molar-refractivity contribution in [1.29, 1.82) is 0 Å². The zero-order valence-corrected chi connectivity index (χ0v) is 18.3. The molecule has 1 saturated heterocycles. The van der Waals surface area contributed by atoms with Gasteiger partial charge in [-0.25, -0.2) is 4.79 Å². The molecule has 1 N–H and O–H groups in total. The van der Waals surface area contributed by atoms with Gasteiger partial charge in [-0.15, -0.1) is 0 Å². The molecule has 32 heavy (non-hydrogen) atoms. The first-order valence-electron chi connectivity index (χ1n) is 9.52. The normalized spacial score (nSPS) is 16.3. The molecule has 0 atom stereocenters. The predicted octanol–water partition coefficient (Wildman–Crippen LogP) is 5.09. The van der Waals surface area contributed by atoms with Crippen LogP contribution in [0.2, 0.25) is 0 Å². The molecule has 3 aromatic rings. The Morgan fingerprint density at radius 3 is 2.72 bits per heavy atom. The van der Waals surface area contributed by atoms with Crippen molar-refractivity contribution in [1.82, 2.24) is 0 Å². The zero-order chi connectivity index (χ0) is 22.4. The summed E-state index contributed by atoms with van der Waals surface area (Å²) in [6, 6.07) is 13.6. The van der Waals surface area contributed by atoms with Crippen LogP contribution in [0.15, 0.2) is 57.9 Å². The lowest BCUT2D eigenvalue weighted by Crippen LogP contribution is -2.27. The topological polar surface area (TPSA) is 89.2 Å². The maximum Gasteiger partial charge on any atom is 0.335 e. The first kappa shape index (κ1) is 20.3. The van der Waals surface area contributed by atoms with Gasteiger partial charge in [0, 0.05) is 17.7 Å². The predicted molar refractivity (Wildman–Crippen MR) is 124 cm³/mol. The molecule has 1 fully saturated rings. The summed E-state index contributed by atoms with van der Waals surface area (Å²) in [5, 5.41) is 9.14. The van der Waals surface area contributed by atoms with Gasteiger partial charge in [0.15, 0.2) is 15.8 Å². The van der Waals surface area contributed by atoms with Gasteiger partial charge in [0.1, 0.15) is 11.5 Å². The van der Waals surface area contributed by atoms with Gasteiger partial charge in [-0.05, 0) is 48.9 Å². The number of furan rings is 1. The Morgan fingerprint density at radius 1 is 1.12 bits per heavy atom. The number of hydrogen-bond donors (Lipinski definition) is 1. The fourth-order valence-corrected chi connectivity index (χ4v) is 4.77. The van der Waals surface area contributed by atoms with E-state index in [0.717, 1.165) is 11.1 Å². The van der Waals surface area contributed by atoms with Gasteiger partial charge < -0.3 is 19.0 Å². The van der Waals surface area contributed by atoms with Gasteiger partial charge in [0.25, 0.3) is 5.91 Å². The van der Waals surface area contributed by atoms with E-state index in [0.29, 0.717) is 37.9 Å². The van der Waals surface area contributed by atoms with E-state index in [4.69, 9.17) is 31.2 Å². The number of carbonyl (C=O) groups is 2. The maximum atomic E-state index is 13.0. The SMILES string of the molecule is Cc1cc(C(=O)O)ccc1-c1ccc(/C=C2\SC(=S)N(c3ccc4c(c3)OCO4)C2=O)o1. The van der Waals surface area contributed by atoms with E-state index in [1.165, 1.54) is 22.7 Å². The molecule has 5 rings (SSSR count). The first-order chi connectivity index (χ1) is 15.4. The molecule has 2 aromatic carbocycles. The standard InChI is InChI=1S/C23H15NO6S2/c1-12-8-13(22(26)27)2-5-16(12)17-7-4-15(30-17)10-20-21(25)24(23(31)32-20)14-3-6-18-19(9-14)29-11-28-18/h2-10H,11H2,1H3,(H,26,27)/b20-10-. The highest BCUT2D eigenvalue weighted by atomic mass is 32.2. The van der Waals surface area contributed by atoms with Crippen LogP contribution in [0.4, 0.5) is 5.69 Å². The minimum absolute atomic E-state index is 0.149. The summed E-state index contributed by atoms with van der Waals surface area (Å²) in [6.45, 7) is 1.97. The number of fused-ring (bicyclic) bond motifs is 1. The Hall–Kier alpha value is -3.56. The highest BCUT2D eigenvalue weighted by Gasteiger charge is 2.34. The summed E-state index contributed by atoms with van der Waals surface area (Å²) in [7, 11) is 0. The molecule has 0 spiro atoms. The van der Waals surface area contributed by atoms with Gasteiger partial charge >= 0.3 is 5.97 Å². The highest BCUT2D eigenvalue weighted by Crippen LogP contribution is 2.41. The third-order valence-electron chi connectivity index (χ3n) is 5.05. The second kappa shape index (κ2) is 7.85. The van der Waals surface area contributed by atoms with Crippen LogP contribution in [-0.2, 0) is 4.79 Å². The minimum atomic E-state index is -0.982. The molecule has 1 amide bonds. The van der Waals surface area contributed by atoms with E-state index < -0.39 is 5.97 Å². The van der Waals surface area contributed by atoms with E-state index in [2.05, 4.69) is 0 Å². The number of carboxylic acids is 1. The molecule has 0 saturated carbocycles. The van der Waals surface area contributed by atoms with E-state index in [9.17, 15) is 9.59 Å². The van der Waals surface area contributed by atoms with E-state index in [1.54, 1.807) is 48.5 Å². The van der Waals surface area contributed by atoms with Crippen molar-refractivity contribution in [2.24, 2.45) is 0 Å². The third kappa shape index (κ3) is 3.55. The number of thioether (sulfide) groups is 1. The lowest BCUT2D eigenvalue weighted by Gasteiger charge is -2.14. The minimum Gasteiger partial charge on any atom is -0.478 e. The molecule has 1 aromatic heterocycles. The van der Waals surface area contributed by atoms with E-state index >= 15 is 0 Å². The summed E-state index contributed by atoms with van der Waals surface area (Å²) in [6.07, 6.45) is 1.65. The highest BCUT2D eigenvalue weighted by molar-refractivity contribution is 8.27. The number of benzene rings is 2.